The van der Waals surface area contributed by atoms with Gasteiger partial charge in [-0.15, -0.1) is 11.6 Å². The van der Waals surface area contributed by atoms with Crippen LogP contribution in [0.5, 0.6) is 0 Å². The summed E-state index contributed by atoms with van der Waals surface area (Å²) in [6, 6.07) is 10.0. The SMILES string of the molecule is Cc1cc(F)cc([C@@H](CC(=O)NC2=C(CC[C@H]3CNCCN3S(=O)(=O)NCC(F)CCl)CN=C2)c2ccc(F)cc2)c1. The number of hydrogen-bond donors (Lipinski definition) is 3. The monoisotopic (exact) mass is 625 g/mol. The van der Waals surface area contributed by atoms with Gasteiger partial charge in [-0.1, -0.05) is 18.2 Å². The van der Waals surface area contributed by atoms with E-state index in [-0.39, 0.29) is 30.8 Å². The molecule has 2 aromatic rings. The molecule has 0 bridgehead atoms. The summed E-state index contributed by atoms with van der Waals surface area (Å²) in [5.41, 5.74) is 3.39. The van der Waals surface area contributed by atoms with Gasteiger partial charge >= 0.3 is 0 Å². The molecule has 2 aliphatic rings. The van der Waals surface area contributed by atoms with Crippen molar-refractivity contribution in [2.45, 2.75) is 44.3 Å². The largest absolute Gasteiger partial charge is 0.325 e. The second-order valence-corrected chi connectivity index (χ2v) is 12.5. The molecule has 0 radical (unpaired) electrons. The first-order chi connectivity index (χ1) is 20.1. The van der Waals surface area contributed by atoms with Crippen molar-refractivity contribution in [1.82, 2.24) is 19.7 Å². The number of carbonyl (C=O) groups excluding carboxylic acids is 1. The van der Waals surface area contributed by atoms with E-state index < -0.39 is 40.5 Å². The topological polar surface area (TPSA) is 103 Å². The molecule has 0 aromatic heterocycles. The van der Waals surface area contributed by atoms with Crippen LogP contribution in [-0.2, 0) is 15.0 Å². The van der Waals surface area contributed by atoms with Crippen molar-refractivity contribution in [3.63, 3.8) is 0 Å². The number of amides is 1. The molecule has 3 N–H and O–H groups in total. The van der Waals surface area contributed by atoms with Crippen molar-refractivity contribution in [3.05, 3.63) is 82.1 Å². The number of nitrogens with one attached hydrogen (secondary N) is 3. The molecular formula is C29H35ClF3N5O3S. The second-order valence-electron chi connectivity index (χ2n) is 10.5. The lowest BCUT2D eigenvalue weighted by Gasteiger charge is -2.35. The zero-order valence-electron chi connectivity index (χ0n) is 23.3. The molecule has 1 amide bonds. The van der Waals surface area contributed by atoms with Crippen molar-refractivity contribution < 1.29 is 26.4 Å². The number of benzene rings is 2. The minimum absolute atomic E-state index is 0.0126. The number of alkyl halides is 2. The summed E-state index contributed by atoms with van der Waals surface area (Å²) in [4.78, 5) is 17.6. The molecule has 3 atom stereocenters. The Morgan fingerprint density at radius 2 is 1.93 bits per heavy atom. The summed E-state index contributed by atoms with van der Waals surface area (Å²) in [6.45, 7) is 2.87. The van der Waals surface area contributed by atoms with Gasteiger partial charge < -0.3 is 10.6 Å². The highest BCUT2D eigenvalue weighted by Crippen LogP contribution is 2.30. The normalized spacial score (nSPS) is 19.2. The van der Waals surface area contributed by atoms with Crippen LogP contribution in [0, 0.1) is 18.6 Å². The van der Waals surface area contributed by atoms with Gasteiger partial charge in [0.05, 0.1) is 18.1 Å². The van der Waals surface area contributed by atoms with E-state index in [1.54, 1.807) is 25.3 Å². The first kappa shape index (κ1) is 32.2. The zero-order chi connectivity index (χ0) is 30.3. The van der Waals surface area contributed by atoms with Gasteiger partial charge in [0, 0.05) is 50.8 Å². The van der Waals surface area contributed by atoms with Gasteiger partial charge in [-0.05, 0) is 66.3 Å². The Morgan fingerprint density at radius 3 is 2.64 bits per heavy atom. The molecule has 2 heterocycles. The molecule has 13 heteroatoms. The number of allylic oxidation sites excluding steroid dienone is 1. The summed E-state index contributed by atoms with van der Waals surface area (Å²) in [6.07, 6.45) is 1.02. The zero-order valence-corrected chi connectivity index (χ0v) is 24.8. The molecule has 42 heavy (non-hydrogen) atoms. The van der Waals surface area contributed by atoms with E-state index in [4.69, 9.17) is 11.6 Å². The van der Waals surface area contributed by atoms with E-state index in [0.717, 1.165) is 5.57 Å². The Hall–Kier alpha value is -2.77. The second kappa shape index (κ2) is 14.6. The number of piperazine rings is 1. The number of rotatable bonds is 13. The van der Waals surface area contributed by atoms with E-state index in [1.165, 1.54) is 28.6 Å². The Labute approximate surface area is 249 Å². The van der Waals surface area contributed by atoms with Crippen LogP contribution in [0.3, 0.4) is 0 Å². The Morgan fingerprint density at radius 1 is 1.17 bits per heavy atom. The molecule has 228 valence electrons. The van der Waals surface area contributed by atoms with E-state index in [9.17, 15) is 26.4 Å². The fourth-order valence-corrected chi connectivity index (χ4v) is 6.78. The molecule has 1 unspecified atom stereocenters. The molecule has 0 aliphatic carbocycles. The first-order valence-corrected chi connectivity index (χ1v) is 15.7. The van der Waals surface area contributed by atoms with Gasteiger partial charge in [-0.25, -0.2) is 13.2 Å². The molecule has 8 nitrogen and oxygen atoms in total. The van der Waals surface area contributed by atoms with Crippen molar-refractivity contribution >= 4 is 33.9 Å². The lowest BCUT2D eigenvalue weighted by Crippen LogP contribution is -2.57. The van der Waals surface area contributed by atoms with Crippen LogP contribution in [0.4, 0.5) is 13.2 Å². The van der Waals surface area contributed by atoms with Crippen LogP contribution in [0.15, 0.2) is 58.7 Å². The van der Waals surface area contributed by atoms with Gasteiger partial charge in [-0.2, -0.15) is 17.4 Å². The summed E-state index contributed by atoms with van der Waals surface area (Å²) < 4.78 is 70.8. The number of carbonyl (C=O) groups is 1. The fraction of sp³-hybridized carbons (Fsp3) is 0.448. The molecule has 0 saturated carbocycles. The Kier molecular flexibility index (Phi) is 11.2. The third-order valence-electron chi connectivity index (χ3n) is 7.33. The highest BCUT2D eigenvalue weighted by atomic mass is 35.5. The van der Waals surface area contributed by atoms with Crippen LogP contribution in [-0.4, -0.2) is 75.7 Å². The summed E-state index contributed by atoms with van der Waals surface area (Å²) in [7, 11) is -3.91. The molecule has 0 spiro atoms. The van der Waals surface area contributed by atoms with E-state index in [1.807, 2.05) is 6.07 Å². The van der Waals surface area contributed by atoms with Crippen LogP contribution >= 0.6 is 11.6 Å². The third kappa shape index (κ3) is 8.63. The van der Waals surface area contributed by atoms with Gasteiger partial charge in [0.25, 0.3) is 10.2 Å². The van der Waals surface area contributed by atoms with E-state index in [2.05, 4.69) is 20.3 Å². The third-order valence-corrected chi connectivity index (χ3v) is 9.29. The quantitative estimate of drug-likeness (QED) is 0.295. The van der Waals surface area contributed by atoms with E-state index in [0.29, 0.717) is 54.9 Å². The predicted octanol–water partition coefficient (Wildman–Crippen LogP) is 3.72. The first-order valence-electron chi connectivity index (χ1n) is 13.8. The summed E-state index contributed by atoms with van der Waals surface area (Å²) >= 11 is 5.47. The molecule has 2 aliphatic heterocycles. The van der Waals surface area contributed by atoms with Crippen molar-refractivity contribution in [3.8, 4) is 0 Å². The lowest BCUT2D eigenvalue weighted by atomic mass is 9.87. The summed E-state index contributed by atoms with van der Waals surface area (Å²) in [5, 5.41) is 6.12. The van der Waals surface area contributed by atoms with E-state index >= 15 is 0 Å². The minimum Gasteiger partial charge on any atom is -0.325 e. The highest BCUT2D eigenvalue weighted by Gasteiger charge is 2.33. The predicted molar refractivity (Wildman–Crippen MR) is 158 cm³/mol. The van der Waals surface area contributed by atoms with Gasteiger partial charge in [-0.3, -0.25) is 9.79 Å². The van der Waals surface area contributed by atoms with Crippen molar-refractivity contribution in [2.75, 3.05) is 38.6 Å². The van der Waals surface area contributed by atoms with Crippen LogP contribution in [0.1, 0.15) is 41.9 Å². The number of nitrogens with zero attached hydrogens (tertiary/aromatic N) is 2. The van der Waals surface area contributed by atoms with Crippen molar-refractivity contribution in [2.24, 2.45) is 4.99 Å². The van der Waals surface area contributed by atoms with Crippen LogP contribution in [0.25, 0.3) is 0 Å². The number of hydrogen-bond acceptors (Lipinski definition) is 5. The summed E-state index contributed by atoms with van der Waals surface area (Å²) in [5.74, 6) is -1.96. The van der Waals surface area contributed by atoms with Gasteiger partial charge in [0.1, 0.15) is 17.8 Å². The molecule has 2 aromatic carbocycles. The maximum absolute atomic E-state index is 14.3. The standard InChI is InChI=1S/C29H35ClF3N5O3S/c1-19-10-22(12-24(32)11-19)27(20-2-5-23(31)6-3-20)13-29(39)37-28-18-35-15-21(28)4-7-26-17-34-8-9-38(26)42(40,41)36-16-25(33)14-30/h2-3,5-6,10-12,18,25-27,34,36H,4,7-9,13-17H2,1H3,(H,37,39)/t25?,26-,27-/m0/s1. The number of halogens is 4. The highest BCUT2D eigenvalue weighted by molar-refractivity contribution is 7.87. The van der Waals surface area contributed by atoms with Gasteiger partial charge in [0.2, 0.25) is 5.91 Å². The molecule has 1 fully saturated rings. The van der Waals surface area contributed by atoms with Crippen LogP contribution < -0.4 is 15.4 Å². The Balaban J connectivity index is 1.44. The van der Waals surface area contributed by atoms with Crippen molar-refractivity contribution in [1.29, 1.82) is 0 Å². The average Bonchev–Trinajstić information content (AvgIpc) is 3.40. The molecule has 1 saturated heterocycles. The minimum atomic E-state index is -3.91. The number of aryl methyl sites for hydroxylation is 1. The smallest absolute Gasteiger partial charge is 0.279 e. The maximum atomic E-state index is 14.3. The maximum Gasteiger partial charge on any atom is 0.279 e. The molecular weight excluding hydrogens is 591 g/mol. The number of aliphatic imine (C=N–C) groups is 1. The average molecular weight is 626 g/mol. The Bertz CT molecular complexity index is 1400. The molecule has 4 rings (SSSR count). The van der Waals surface area contributed by atoms with Crippen LogP contribution in [0.2, 0.25) is 0 Å². The fourth-order valence-electron chi connectivity index (χ4n) is 5.21. The lowest BCUT2D eigenvalue weighted by molar-refractivity contribution is -0.120. The van der Waals surface area contributed by atoms with Gasteiger partial charge in [0.15, 0.2) is 0 Å².